The summed E-state index contributed by atoms with van der Waals surface area (Å²) in [6, 6.07) is 12.3. The highest BCUT2D eigenvalue weighted by atomic mass is 32.2. The Bertz CT molecular complexity index is 1260. The first-order valence-corrected chi connectivity index (χ1v) is 13.4. The number of methoxy groups -OCH3 is 1. The number of benzene rings is 2. The Labute approximate surface area is 200 Å². The summed E-state index contributed by atoms with van der Waals surface area (Å²) in [7, 11) is -2.32. The Morgan fingerprint density at radius 3 is 2.53 bits per heavy atom. The van der Waals surface area contributed by atoms with Gasteiger partial charge in [-0.25, -0.2) is 13.4 Å². The predicted octanol–water partition coefficient (Wildman–Crippen LogP) is 4.11. The van der Waals surface area contributed by atoms with Gasteiger partial charge in [0, 0.05) is 25.2 Å². The molecule has 1 amide bonds. The smallest absolute Gasteiger partial charge is 0.254 e. The second-order valence-corrected chi connectivity index (χ2v) is 10.9. The van der Waals surface area contributed by atoms with Crippen LogP contribution in [0.3, 0.4) is 0 Å². The van der Waals surface area contributed by atoms with E-state index >= 15 is 0 Å². The number of para-hydroxylation sites is 2. The minimum Gasteiger partial charge on any atom is -0.495 e. The zero-order valence-electron chi connectivity index (χ0n) is 19.4. The third-order valence-electron chi connectivity index (χ3n) is 6.83. The van der Waals surface area contributed by atoms with E-state index < -0.39 is 10.0 Å². The molecule has 34 heavy (non-hydrogen) atoms. The Kier molecular flexibility index (Phi) is 6.31. The van der Waals surface area contributed by atoms with Gasteiger partial charge in [0.15, 0.2) is 0 Å². The highest BCUT2D eigenvalue weighted by Gasteiger charge is 2.34. The van der Waals surface area contributed by atoms with Crippen molar-refractivity contribution in [3.63, 3.8) is 0 Å². The van der Waals surface area contributed by atoms with Crippen molar-refractivity contribution in [1.82, 2.24) is 19.2 Å². The SMILES string of the molecule is COc1ccc(C(=O)N2CCC[C@H]2c2nc3ccccc3[nH]2)cc1S(=O)(=O)N1CCCCCC1. The molecule has 2 saturated heterocycles. The lowest BCUT2D eigenvalue weighted by Crippen LogP contribution is -2.33. The standard InChI is InChI=1S/C25H30N4O4S/c1-33-22-13-12-18(17-23(22)34(31,32)28-14-6-2-3-7-15-28)25(30)29-16-8-11-21(29)24-26-19-9-4-5-10-20(19)27-24/h4-5,9-10,12-13,17,21H,2-3,6-8,11,14-16H2,1H3,(H,26,27)/t21-/m0/s1. The van der Waals surface area contributed by atoms with E-state index in [0.29, 0.717) is 25.2 Å². The molecule has 0 bridgehead atoms. The van der Waals surface area contributed by atoms with Crippen LogP contribution in [-0.2, 0) is 10.0 Å². The van der Waals surface area contributed by atoms with Gasteiger partial charge in [-0.05, 0) is 56.0 Å². The zero-order chi connectivity index (χ0) is 23.7. The van der Waals surface area contributed by atoms with Crippen LogP contribution in [0.1, 0.15) is 60.7 Å². The minimum absolute atomic E-state index is 0.0576. The number of ether oxygens (including phenoxy) is 1. The number of H-pyrrole nitrogens is 1. The lowest BCUT2D eigenvalue weighted by molar-refractivity contribution is 0.0730. The predicted molar refractivity (Wildman–Crippen MR) is 129 cm³/mol. The molecule has 180 valence electrons. The molecule has 0 saturated carbocycles. The average molecular weight is 483 g/mol. The monoisotopic (exact) mass is 482 g/mol. The summed E-state index contributed by atoms with van der Waals surface area (Å²) in [5.41, 5.74) is 2.15. The van der Waals surface area contributed by atoms with E-state index in [0.717, 1.165) is 55.4 Å². The van der Waals surface area contributed by atoms with Gasteiger partial charge in [-0.1, -0.05) is 25.0 Å². The molecule has 1 aromatic heterocycles. The minimum atomic E-state index is -3.77. The van der Waals surface area contributed by atoms with Gasteiger partial charge < -0.3 is 14.6 Å². The number of hydrogen-bond donors (Lipinski definition) is 1. The second-order valence-electron chi connectivity index (χ2n) is 8.98. The first-order chi connectivity index (χ1) is 16.5. The molecule has 2 fully saturated rings. The number of nitrogens with zero attached hydrogens (tertiary/aromatic N) is 3. The van der Waals surface area contributed by atoms with Crippen LogP contribution in [0.15, 0.2) is 47.4 Å². The Hall–Kier alpha value is -2.91. The van der Waals surface area contributed by atoms with Crippen LogP contribution in [0.5, 0.6) is 5.75 Å². The highest BCUT2D eigenvalue weighted by molar-refractivity contribution is 7.89. The molecule has 2 aliphatic rings. The molecule has 3 heterocycles. The molecular formula is C25H30N4O4S. The van der Waals surface area contributed by atoms with Crippen molar-refractivity contribution in [1.29, 1.82) is 0 Å². The van der Waals surface area contributed by atoms with Crippen molar-refractivity contribution < 1.29 is 17.9 Å². The van der Waals surface area contributed by atoms with Crippen LogP contribution < -0.4 is 4.74 Å². The number of carbonyl (C=O) groups excluding carboxylic acids is 1. The number of imidazole rings is 1. The summed E-state index contributed by atoms with van der Waals surface area (Å²) in [5, 5.41) is 0. The fourth-order valence-corrected chi connectivity index (χ4v) is 6.72. The van der Waals surface area contributed by atoms with Gasteiger partial charge in [-0.2, -0.15) is 4.31 Å². The third kappa shape index (κ3) is 4.18. The van der Waals surface area contributed by atoms with Crippen molar-refractivity contribution in [2.24, 2.45) is 0 Å². The lowest BCUT2D eigenvalue weighted by Gasteiger charge is -2.25. The molecule has 2 aliphatic heterocycles. The van der Waals surface area contributed by atoms with Gasteiger partial charge >= 0.3 is 0 Å². The molecule has 0 radical (unpaired) electrons. The Morgan fingerprint density at radius 1 is 1.03 bits per heavy atom. The summed E-state index contributed by atoms with van der Waals surface area (Å²) in [4.78, 5) is 23.5. The van der Waals surface area contributed by atoms with Crippen molar-refractivity contribution >= 4 is 27.0 Å². The fraction of sp³-hybridized carbons (Fsp3) is 0.440. The maximum atomic E-state index is 13.6. The molecule has 5 rings (SSSR count). The molecule has 2 aromatic carbocycles. The Morgan fingerprint density at radius 2 is 1.79 bits per heavy atom. The fourth-order valence-electron chi connectivity index (χ4n) is 5.02. The van der Waals surface area contributed by atoms with Crippen molar-refractivity contribution in [3.05, 3.63) is 53.9 Å². The zero-order valence-corrected chi connectivity index (χ0v) is 20.2. The molecule has 0 aliphatic carbocycles. The first-order valence-electron chi connectivity index (χ1n) is 11.9. The Balaban J connectivity index is 1.46. The summed E-state index contributed by atoms with van der Waals surface area (Å²) in [6.07, 6.45) is 5.41. The molecule has 1 atom stereocenters. The van der Waals surface area contributed by atoms with E-state index in [1.165, 1.54) is 17.5 Å². The van der Waals surface area contributed by atoms with Crippen LogP contribution in [0.4, 0.5) is 0 Å². The van der Waals surface area contributed by atoms with Gasteiger partial charge in [0.05, 0.1) is 24.2 Å². The number of fused-ring (bicyclic) bond motifs is 1. The molecule has 3 aromatic rings. The van der Waals surface area contributed by atoms with E-state index in [4.69, 9.17) is 9.72 Å². The normalized spacial score (nSPS) is 19.9. The van der Waals surface area contributed by atoms with Crippen molar-refractivity contribution in [3.8, 4) is 5.75 Å². The number of rotatable bonds is 5. The first kappa shape index (κ1) is 22.9. The lowest BCUT2D eigenvalue weighted by atomic mass is 10.1. The quantitative estimate of drug-likeness (QED) is 0.590. The van der Waals surface area contributed by atoms with Gasteiger partial charge in [0.1, 0.15) is 16.5 Å². The van der Waals surface area contributed by atoms with Crippen LogP contribution in [0.2, 0.25) is 0 Å². The summed E-state index contributed by atoms with van der Waals surface area (Å²) >= 11 is 0. The number of hydrogen-bond acceptors (Lipinski definition) is 5. The van der Waals surface area contributed by atoms with Gasteiger partial charge in [-0.15, -0.1) is 0 Å². The van der Waals surface area contributed by atoms with Gasteiger partial charge in [-0.3, -0.25) is 4.79 Å². The van der Waals surface area contributed by atoms with Crippen molar-refractivity contribution in [2.75, 3.05) is 26.7 Å². The number of aromatic amines is 1. The molecular weight excluding hydrogens is 452 g/mol. The topological polar surface area (TPSA) is 95.6 Å². The number of nitrogens with one attached hydrogen (secondary N) is 1. The largest absolute Gasteiger partial charge is 0.495 e. The molecule has 0 spiro atoms. The molecule has 9 heteroatoms. The molecule has 1 N–H and O–H groups in total. The maximum Gasteiger partial charge on any atom is 0.254 e. The third-order valence-corrected chi connectivity index (χ3v) is 8.75. The van der Waals surface area contributed by atoms with Crippen LogP contribution in [-0.4, -0.2) is 60.2 Å². The number of likely N-dealkylation sites (tertiary alicyclic amines) is 1. The summed E-state index contributed by atoms with van der Waals surface area (Å²) in [5.74, 6) is 0.826. The number of aromatic nitrogens is 2. The van der Waals surface area contributed by atoms with E-state index in [9.17, 15) is 13.2 Å². The second kappa shape index (κ2) is 9.38. The van der Waals surface area contributed by atoms with Crippen LogP contribution >= 0.6 is 0 Å². The summed E-state index contributed by atoms with van der Waals surface area (Å²) < 4.78 is 33.9. The van der Waals surface area contributed by atoms with Gasteiger partial charge in [0.2, 0.25) is 10.0 Å². The number of sulfonamides is 1. The summed E-state index contributed by atoms with van der Waals surface area (Å²) in [6.45, 7) is 1.58. The van der Waals surface area contributed by atoms with Crippen molar-refractivity contribution in [2.45, 2.75) is 49.5 Å². The van der Waals surface area contributed by atoms with Crippen LogP contribution in [0, 0.1) is 0 Å². The van der Waals surface area contributed by atoms with Gasteiger partial charge in [0.25, 0.3) is 5.91 Å². The molecule has 0 unspecified atom stereocenters. The van der Waals surface area contributed by atoms with E-state index in [-0.39, 0.29) is 22.6 Å². The number of carbonyl (C=O) groups is 1. The molecule has 8 nitrogen and oxygen atoms in total. The van der Waals surface area contributed by atoms with E-state index in [1.54, 1.807) is 17.0 Å². The maximum absolute atomic E-state index is 13.6. The average Bonchev–Trinajstić information content (AvgIpc) is 3.42. The highest BCUT2D eigenvalue weighted by Crippen LogP contribution is 2.35. The van der Waals surface area contributed by atoms with Crippen LogP contribution in [0.25, 0.3) is 11.0 Å². The van der Waals surface area contributed by atoms with E-state index in [1.807, 2.05) is 24.3 Å². The number of amides is 1. The van der Waals surface area contributed by atoms with E-state index in [2.05, 4.69) is 4.98 Å².